The Labute approximate surface area is 135 Å². The Bertz CT molecular complexity index is 818. The van der Waals surface area contributed by atoms with Gasteiger partial charge in [0, 0.05) is 35.1 Å². The summed E-state index contributed by atoms with van der Waals surface area (Å²) in [6, 6.07) is 8.38. The van der Waals surface area contributed by atoms with Crippen molar-refractivity contribution < 1.29 is 9.59 Å². The van der Waals surface area contributed by atoms with E-state index in [1.54, 1.807) is 0 Å². The van der Waals surface area contributed by atoms with Gasteiger partial charge in [-0.05, 0) is 37.3 Å². The van der Waals surface area contributed by atoms with Crippen LogP contribution in [0.3, 0.4) is 0 Å². The maximum atomic E-state index is 12.8. The zero-order valence-corrected chi connectivity index (χ0v) is 13.2. The van der Waals surface area contributed by atoms with E-state index in [1.165, 1.54) is 10.9 Å². The minimum atomic E-state index is 0.0311. The van der Waals surface area contributed by atoms with Crippen LogP contribution in [0.5, 0.6) is 0 Å². The number of para-hydroxylation sites is 1. The lowest BCUT2D eigenvalue weighted by Crippen LogP contribution is -2.46. The molecule has 1 fully saturated rings. The maximum absolute atomic E-state index is 12.8. The van der Waals surface area contributed by atoms with Gasteiger partial charge in [0.25, 0.3) is 0 Å². The van der Waals surface area contributed by atoms with Gasteiger partial charge in [0.1, 0.15) is 6.29 Å². The number of nitrogens with zero attached hydrogens (tertiary/aromatic N) is 1. The minimum absolute atomic E-state index is 0.0311. The third kappa shape index (κ3) is 2.05. The molecule has 2 aromatic rings. The highest BCUT2D eigenvalue weighted by atomic mass is 16.2. The van der Waals surface area contributed by atoms with Crippen molar-refractivity contribution in [1.82, 2.24) is 9.88 Å². The molecule has 2 aliphatic rings. The zero-order valence-electron chi connectivity index (χ0n) is 13.2. The lowest BCUT2D eigenvalue weighted by Gasteiger charge is -2.43. The molecular weight excluding hydrogens is 288 g/mol. The molecule has 4 nitrogen and oxygen atoms in total. The second-order valence-electron chi connectivity index (χ2n) is 6.41. The monoisotopic (exact) mass is 308 g/mol. The number of hydrogen-bond acceptors (Lipinski definition) is 2. The van der Waals surface area contributed by atoms with Gasteiger partial charge >= 0.3 is 0 Å². The van der Waals surface area contributed by atoms with Gasteiger partial charge < -0.3 is 14.7 Å². The zero-order chi connectivity index (χ0) is 16.0. The van der Waals surface area contributed by atoms with E-state index in [0.717, 1.165) is 42.5 Å². The first kappa shape index (κ1) is 14.2. The van der Waals surface area contributed by atoms with Crippen molar-refractivity contribution in [2.45, 2.75) is 32.2 Å². The van der Waals surface area contributed by atoms with E-state index in [9.17, 15) is 9.59 Å². The number of piperidine rings is 1. The molecule has 0 bridgehead atoms. The number of aromatic nitrogens is 1. The number of amides is 1. The molecule has 0 unspecified atom stereocenters. The van der Waals surface area contributed by atoms with Crippen molar-refractivity contribution in [2.24, 2.45) is 5.92 Å². The molecule has 0 saturated carbocycles. The Balaban J connectivity index is 1.81. The summed E-state index contributed by atoms with van der Waals surface area (Å²) >= 11 is 0. The topological polar surface area (TPSA) is 53.2 Å². The highest BCUT2D eigenvalue weighted by Crippen LogP contribution is 2.43. The number of aldehydes is 1. The SMILES string of the molecule is C/C=C1/C(=O)N2CCc3c([nH]c4ccccc34)[C@@H]2C[C@@H]1CC=O. The summed E-state index contributed by atoms with van der Waals surface area (Å²) in [5, 5.41) is 1.26. The molecule has 118 valence electrons. The van der Waals surface area contributed by atoms with Gasteiger partial charge in [0.15, 0.2) is 0 Å². The number of aromatic amines is 1. The van der Waals surface area contributed by atoms with Crippen molar-refractivity contribution in [3.8, 4) is 0 Å². The first-order valence-corrected chi connectivity index (χ1v) is 8.25. The molecule has 3 heterocycles. The molecule has 1 amide bonds. The fourth-order valence-corrected chi connectivity index (χ4v) is 4.24. The van der Waals surface area contributed by atoms with Crippen molar-refractivity contribution >= 4 is 23.1 Å². The number of carbonyl (C=O) groups is 2. The summed E-state index contributed by atoms with van der Waals surface area (Å²) in [5.74, 6) is 0.128. The van der Waals surface area contributed by atoms with Crippen LogP contribution >= 0.6 is 0 Å². The third-order valence-corrected chi connectivity index (χ3v) is 5.31. The van der Waals surface area contributed by atoms with Gasteiger partial charge in [0.2, 0.25) is 5.91 Å². The molecule has 1 saturated heterocycles. The number of benzene rings is 1. The molecule has 1 aromatic heterocycles. The number of allylic oxidation sites excluding steroid dienone is 1. The summed E-state index contributed by atoms with van der Waals surface area (Å²) < 4.78 is 0. The number of rotatable bonds is 2. The Morgan fingerprint density at radius 2 is 2.17 bits per heavy atom. The molecule has 2 atom stereocenters. The Hall–Kier alpha value is -2.36. The summed E-state index contributed by atoms with van der Waals surface area (Å²) in [6.07, 6.45) is 4.95. The molecule has 2 aliphatic heterocycles. The average Bonchev–Trinajstić information content (AvgIpc) is 2.95. The standard InChI is InChI=1S/C19H20N2O2/c1-2-13-12(8-10-22)11-17-18-15(7-9-21(17)19(13)23)14-5-3-4-6-16(14)20-18/h2-6,10,12,17,20H,7-9,11H2,1H3/b13-2+/t12-,17-/m0/s1. The molecule has 0 radical (unpaired) electrons. The third-order valence-electron chi connectivity index (χ3n) is 5.31. The summed E-state index contributed by atoms with van der Waals surface area (Å²) in [5.41, 5.74) is 4.43. The number of fused-ring (bicyclic) bond motifs is 5. The highest BCUT2D eigenvalue weighted by Gasteiger charge is 2.41. The van der Waals surface area contributed by atoms with Crippen LogP contribution in [0.4, 0.5) is 0 Å². The number of carbonyl (C=O) groups excluding carboxylic acids is 2. The van der Waals surface area contributed by atoms with Crippen LogP contribution < -0.4 is 0 Å². The molecule has 1 N–H and O–H groups in total. The van der Waals surface area contributed by atoms with Crippen LogP contribution in [0.25, 0.3) is 10.9 Å². The fraction of sp³-hybridized carbons (Fsp3) is 0.368. The highest BCUT2D eigenvalue weighted by molar-refractivity contribution is 5.96. The smallest absolute Gasteiger partial charge is 0.250 e. The molecule has 0 spiro atoms. The Morgan fingerprint density at radius 3 is 2.96 bits per heavy atom. The van der Waals surface area contributed by atoms with E-state index in [2.05, 4.69) is 23.2 Å². The normalized spacial score (nSPS) is 25.5. The lowest BCUT2D eigenvalue weighted by atomic mass is 9.80. The van der Waals surface area contributed by atoms with Gasteiger partial charge in [-0.3, -0.25) is 4.79 Å². The van der Waals surface area contributed by atoms with Gasteiger partial charge in [-0.1, -0.05) is 24.3 Å². The molecule has 4 heteroatoms. The number of nitrogens with one attached hydrogen (secondary N) is 1. The fourth-order valence-electron chi connectivity index (χ4n) is 4.24. The molecule has 1 aromatic carbocycles. The first-order valence-electron chi connectivity index (χ1n) is 8.25. The van der Waals surface area contributed by atoms with E-state index in [-0.39, 0.29) is 17.9 Å². The van der Waals surface area contributed by atoms with Gasteiger partial charge in [-0.2, -0.15) is 0 Å². The second-order valence-corrected chi connectivity index (χ2v) is 6.41. The summed E-state index contributed by atoms with van der Waals surface area (Å²) in [7, 11) is 0. The van der Waals surface area contributed by atoms with E-state index in [1.807, 2.05) is 24.0 Å². The van der Waals surface area contributed by atoms with Crippen LogP contribution in [-0.4, -0.2) is 28.6 Å². The van der Waals surface area contributed by atoms with Crippen molar-refractivity contribution in [3.63, 3.8) is 0 Å². The van der Waals surface area contributed by atoms with Gasteiger partial charge in [0.05, 0.1) is 6.04 Å². The largest absolute Gasteiger partial charge is 0.356 e. The summed E-state index contributed by atoms with van der Waals surface area (Å²) in [6.45, 7) is 2.65. The first-order chi connectivity index (χ1) is 11.2. The van der Waals surface area contributed by atoms with Crippen molar-refractivity contribution in [3.05, 3.63) is 47.2 Å². The lowest BCUT2D eigenvalue weighted by molar-refractivity contribution is -0.133. The van der Waals surface area contributed by atoms with Gasteiger partial charge in [-0.15, -0.1) is 0 Å². The van der Waals surface area contributed by atoms with Gasteiger partial charge in [-0.25, -0.2) is 0 Å². The van der Waals surface area contributed by atoms with Crippen LogP contribution in [0.15, 0.2) is 35.9 Å². The quantitative estimate of drug-likeness (QED) is 0.684. The van der Waals surface area contributed by atoms with E-state index >= 15 is 0 Å². The van der Waals surface area contributed by atoms with E-state index in [0.29, 0.717) is 6.42 Å². The molecule has 23 heavy (non-hydrogen) atoms. The number of hydrogen-bond donors (Lipinski definition) is 1. The van der Waals surface area contributed by atoms with Crippen LogP contribution in [-0.2, 0) is 16.0 Å². The molecule has 4 rings (SSSR count). The van der Waals surface area contributed by atoms with Crippen LogP contribution in [0, 0.1) is 5.92 Å². The predicted octanol–water partition coefficient (Wildman–Crippen LogP) is 3.15. The van der Waals surface area contributed by atoms with Crippen LogP contribution in [0.2, 0.25) is 0 Å². The van der Waals surface area contributed by atoms with E-state index in [4.69, 9.17) is 0 Å². The van der Waals surface area contributed by atoms with Crippen molar-refractivity contribution in [1.29, 1.82) is 0 Å². The Morgan fingerprint density at radius 1 is 1.35 bits per heavy atom. The second kappa shape index (κ2) is 5.37. The molecular formula is C19H20N2O2. The number of H-pyrrole nitrogens is 1. The Kier molecular flexibility index (Phi) is 3.33. The maximum Gasteiger partial charge on any atom is 0.250 e. The van der Waals surface area contributed by atoms with E-state index < -0.39 is 0 Å². The van der Waals surface area contributed by atoms with Crippen molar-refractivity contribution in [2.75, 3.05) is 6.54 Å². The molecule has 0 aliphatic carbocycles. The predicted molar refractivity (Wildman–Crippen MR) is 89.0 cm³/mol. The summed E-state index contributed by atoms with van der Waals surface area (Å²) in [4.78, 5) is 29.4. The average molecular weight is 308 g/mol. The minimum Gasteiger partial charge on any atom is -0.356 e. The van der Waals surface area contributed by atoms with Crippen LogP contribution in [0.1, 0.15) is 37.1 Å².